The first-order chi connectivity index (χ1) is 37.4. The fraction of sp³-hybridized carbons (Fsp3) is 0.882. The Balaban J connectivity index is 2.62. The van der Waals surface area contributed by atoms with E-state index < -0.39 is 12.0 Å². The van der Waals surface area contributed by atoms with Gasteiger partial charge in [0.15, 0.2) is 0 Å². The highest BCUT2D eigenvalue weighted by Gasteiger charge is 2.26. The van der Waals surface area contributed by atoms with E-state index in [1.165, 1.54) is 205 Å². The molecule has 1 aromatic heterocycles. The van der Waals surface area contributed by atoms with E-state index in [0.29, 0.717) is 32.7 Å². The Morgan fingerprint density at radius 2 is 0.711 bits per heavy atom. The second kappa shape index (κ2) is 55.8. The molecule has 0 aliphatic heterocycles. The Morgan fingerprint density at radius 1 is 0.421 bits per heavy atom. The minimum Gasteiger partial charge on any atom is -0.480 e. The monoisotopic (exact) mass is 1070 g/mol. The maximum absolute atomic E-state index is 13.4. The smallest absolute Gasteiger partial charge is 0.321 e. The van der Waals surface area contributed by atoms with E-state index in [2.05, 4.69) is 37.6 Å². The predicted molar refractivity (Wildman–Crippen MR) is 324 cm³/mol. The SMILES string of the molecule is CCCCCCCCCCCCC(CCCCCCCCCC)C(=O)OCCCCCCN(CCCCCCOC(=O)C(CCCCCCCCCC)CCCCCCCCCCCC)C(Cc1cccnc1)C(=O)O. The Bertz CT molecular complexity index is 1320. The van der Waals surface area contributed by atoms with Gasteiger partial charge in [0, 0.05) is 18.8 Å². The van der Waals surface area contributed by atoms with E-state index in [0.717, 1.165) is 108 Å². The lowest BCUT2D eigenvalue weighted by Gasteiger charge is -2.29. The molecule has 3 atom stereocenters. The molecule has 8 heteroatoms. The maximum atomic E-state index is 13.4. The van der Waals surface area contributed by atoms with Crippen LogP contribution >= 0.6 is 0 Å². The molecule has 0 aromatic carbocycles. The summed E-state index contributed by atoms with van der Waals surface area (Å²) in [7, 11) is 0. The molecular weight excluding hydrogens is 941 g/mol. The zero-order valence-electron chi connectivity index (χ0n) is 50.9. The van der Waals surface area contributed by atoms with Crippen molar-refractivity contribution in [1.29, 1.82) is 0 Å². The summed E-state index contributed by atoms with van der Waals surface area (Å²) in [4.78, 5) is 46.1. The first kappa shape index (κ1) is 71.5. The summed E-state index contributed by atoms with van der Waals surface area (Å²) in [5, 5.41) is 10.5. The van der Waals surface area contributed by atoms with Gasteiger partial charge in [-0.2, -0.15) is 0 Å². The molecule has 1 N–H and O–H groups in total. The maximum Gasteiger partial charge on any atom is 0.321 e. The number of carbonyl (C=O) groups excluding carboxylic acids is 2. The third-order valence-corrected chi connectivity index (χ3v) is 16.3. The van der Waals surface area contributed by atoms with E-state index in [-0.39, 0.29) is 23.8 Å². The largest absolute Gasteiger partial charge is 0.480 e. The molecule has 1 heterocycles. The summed E-state index contributed by atoms with van der Waals surface area (Å²) < 4.78 is 11.9. The van der Waals surface area contributed by atoms with Crippen LogP contribution in [0.15, 0.2) is 24.5 Å². The van der Waals surface area contributed by atoms with Crippen molar-refractivity contribution in [3.8, 4) is 0 Å². The second-order valence-electron chi connectivity index (χ2n) is 23.5. The molecular formula is C68H126N2O6. The lowest BCUT2D eigenvalue weighted by Crippen LogP contribution is -2.44. The number of aliphatic carboxylic acids is 1. The fourth-order valence-electron chi connectivity index (χ4n) is 11.2. The van der Waals surface area contributed by atoms with Gasteiger partial charge in [-0.1, -0.05) is 291 Å². The summed E-state index contributed by atoms with van der Waals surface area (Å²) in [6, 6.07) is 3.23. The molecule has 0 bridgehead atoms. The van der Waals surface area contributed by atoms with Gasteiger partial charge in [0.2, 0.25) is 0 Å². The van der Waals surface area contributed by atoms with Gasteiger partial charge in [-0.25, -0.2) is 0 Å². The van der Waals surface area contributed by atoms with Crippen LogP contribution in [0.2, 0.25) is 0 Å². The Hall–Kier alpha value is -2.48. The van der Waals surface area contributed by atoms with Gasteiger partial charge in [0.25, 0.3) is 0 Å². The van der Waals surface area contributed by atoms with E-state index in [9.17, 15) is 19.5 Å². The summed E-state index contributed by atoms with van der Waals surface area (Å²) >= 11 is 0. The van der Waals surface area contributed by atoms with Crippen LogP contribution in [-0.4, -0.2) is 65.2 Å². The number of unbranched alkanes of at least 4 members (excludes halogenated alkanes) is 38. The average molecular weight is 1070 g/mol. The number of ether oxygens (including phenoxy) is 2. The topological polar surface area (TPSA) is 106 Å². The second-order valence-corrected chi connectivity index (χ2v) is 23.5. The number of esters is 2. The van der Waals surface area contributed by atoms with Crippen LogP contribution in [0, 0.1) is 11.8 Å². The normalized spacial score (nSPS) is 12.8. The average Bonchev–Trinajstić information content (AvgIpc) is 3.42. The Kier molecular flexibility index (Phi) is 52.5. The zero-order valence-corrected chi connectivity index (χ0v) is 50.9. The molecule has 3 unspecified atom stereocenters. The molecule has 0 aliphatic carbocycles. The van der Waals surface area contributed by atoms with E-state index >= 15 is 0 Å². The van der Waals surface area contributed by atoms with Crippen molar-refractivity contribution < 1.29 is 29.0 Å². The third kappa shape index (κ3) is 44.4. The number of carboxylic acids is 1. The first-order valence-electron chi connectivity index (χ1n) is 33.6. The van der Waals surface area contributed by atoms with Gasteiger partial charge < -0.3 is 14.6 Å². The number of carbonyl (C=O) groups is 3. The molecule has 444 valence electrons. The molecule has 0 spiro atoms. The van der Waals surface area contributed by atoms with Crippen molar-refractivity contribution in [2.45, 2.75) is 348 Å². The fourth-order valence-corrected chi connectivity index (χ4v) is 11.2. The van der Waals surface area contributed by atoms with E-state index in [4.69, 9.17) is 9.47 Å². The number of rotatable bonds is 60. The van der Waals surface area contributed by atoms with E-state index in [1.54, 1.807) is 12.4 Å². The van der Waals surface area contributed by atoms with Crippen molar-refractivity contribution >= 4 is 17.9 Å². The summed E-state index contributed by atoms with van der Waals surface area (Å²) in [5.74, 6) is -0.713. The molecule has 1 rings (SSSR count). The predicted octanol–water partition coefficient (Wildman–Crippen LogP) is 20.5. The van der Waals surface area contributed by atoms with Gasteiger partial charge in [0.05, 0.1) is 25.0 Å². The van der Waals surface area contributed by atoms with Crippen molar-refractivity contribution in [2.24, 2.45) is 11.8 Å². The molecule has 0 fully saturated rings. The number of hydrogen-bond acceptors (Lipinski definition) is 7. The van der Waals surface area contributed by atoms with Crippen molar-refractivity contribution in [3.05, 3.63) is 30.1 Å². The highest BCUT2D eigenvalue weighted by Crippen LogP contribution is 2.24. The lowest BCUT2D eigenvalue weighted by atomic mass is 9.94. The Labute approximate surface area is 471 Å². The number of pyridine rings is 1. The Morgan fingerprint density at radius 3 is 1.00 bits per heavy atom. The van der Waals surface area contributed by atoms with Crippen molar-refractivity contribution in [3.63, 3.8) is 0 Å². The molecule has 0 radical (unpaired) electrons. The summed E-state index contributed by atoms with van der Waals surface area (Å²) in [5.41, 5.74) is 0.936. The molecule has 0 saturated carbocycles. The molecule has 8 nitrogen and oxygen atoms in total. The van der Waals surface area contributed by atoms with Gasteiger partial charge in [-0.3, -0.25) is 24.3 Å². The van der Waals surface area contributed by atoms with Crippen LogP contribution in [-0.2, 0) is 30.3 Å². The van der Waals surface area contributed by atoms with Crippen molar-refractivity contribution in [2.75, 3.05) is 26.3 Å². The number of nitrogens with zero attached hydrogens (tertiary/aromatic N) is 2. The first-order valence-corrected chi connectivity index (χ1v) is 33.6. The summed E-state index contributed by atoms with van der Waals surface area (Å²) in [6.07, 6.45) is 61.7. The quantitative estimate of drug-likeness (QED) is 0.0508. The van der Waals surface area contributed by atoms with Gasteiger partial charge >= 0.3 is 17.9 Å². The van der Waals surface area contributed by atoms with Gasteiger partial charge in [0.1, 0.15) is 6.04 Å². The highest BCUT2D eigenvalue weighted by molar-refractivity contribution is 5.74. The van der Waals surface area contributed by atoms with Crippen LogP contribution in [0.5, 0.6) is 0 Å². The third-order valence-electron chi connectivity index (χ3n) is 16.3. The molecule has 0 saturated heterocycles. The van der Waals surface area contributed by atoms with Crippen LogP contribution < -0.4 is 0 Å². The lowest BCUT2D eigenvalue weighted by molar-refractivity contribution is -0.150. The van der Waals surface area contributed by atoms with Crippen molar-refractivity contribution in [1.82, 2.24) is 9.88 Å². The van der Waals surface area contributed by atoms with Crippen LogP contribution in [0.4, 0.5) is 0 Å². The minimum absolute atomic E-state index is 0.0146. The standard InChI is InChI=1S/C68H126N2O6/c1-5-9-13-17-21-25-27-31-35-43-53-63(51-41-33-29-23-19-15-11-7-3)67(73)75-58-47-39-37-45-56-70(65(66(71)72)60-62-50-49-55-69-61-62)57-46-38-40-48-59-76-68(74)64(52-42-34-30-24-20-16-12-8-4)54-44-36-32-28-26-22-18-14-10-6-2/h49-50,55,61,63-65H,5-48,51-54,56-60H2,1-4H3,(H,71,72). The minimum atomic E-state index is -0.790. The van der Waals surface area contributed by atoms with Crippen LogP contribution in [0.3, 0.4) is 0 Å². The van der Waals surface area contributed by atoms with Crippen LogP contribution in [0.25, 0.3) is 0 Å². The molecule has 76 heavy (non-hydrogen) atoms. The molecule has 1 aromatic rings. The molecule has 0 amide bonds. The highest BCUT2D eigenvalue weighted by atomic mass is 16.5. The number of carboxylic acid groups (broad SMARTS) is 1. The summed E-state index contributed by atoms with van der Waals surface area (Å²) in [6.45, 7) is 11.5. The van der Waals surface area contributed by atoms with E-state index in [1.807, 2.05) is 12.1 Å². The molecule has 0 aliphatic rings. The van der Waals surface area contributed by atoms with Gasteiger partial charge in [-0.05, 0) is 76.1 Å². The van der Waals surface area contributed by atoms with Crippen LogP contribution in [0.1, 0.15) is 341 Å². The van der Waals surface area contributed by atoms with Gasteiger partial charge in [-0.15, -0.1) is 0 Å². The number of aromatic nitrogens is 1. The zero-order chi connectivity index (χ0) is 55.0. The number of hydrogen-bond donors (Lipinski definition) is 1.